The number of methoxy groups -OCH3 is 1. The van der Waals surface area contributed by atoms with Crippen molar-refractivity contribution < 1.29 is 14.3 Å². The van der Waals surface area contributed by atoms with E-state index in [2.05, 4.69) is 10.3 Å². The lowest BCUT2D eigenvalue weighted by Gasteiger charge is -2.25. The average Bonchev–Trinajstić information content (AvgIpc) is 3.62. The summed E-state index contributed by atoms with van der Waals surface area (Å²) in [5.41, 5.74) is 5.71. The molecule has 1 aliphatic rings. The van der Waals surface area contributed by atoms with Crippen molar-refractivity contribution in [3.63, 3.8) is 0 Å². The van der Waals surface area contributed by atoms with Crippen molar-refractivity contribution in [3.05, 3.63) is 145 Å². The molecule has 0 bridgehead atoms. The Hall–Kier alpha value is -5.67. The highest BCUT2D eigenvalue weighted by atomic mass is 32.1. The van der Waals surface area contributed by atoms with Crippen LogP contribution in [0.1, 0.15) is 31.0 Å². The van der Waals surface area contributed by atoms with Gasteiger partial charge in [0.2, 0.25) is 0 Å². The highest BCUT2D eigenvalue weighted by molar-refractivity contribution is 7.07. The number of aromatic amines is 1. The van der Waals surface area contributed by atoms with E-state index in [4.69, 9.17) is 14.5 Å². The Bertz CT molecular complexity index is 2320. The molecule has 0 spiro atoms. The molecule has 1 atom stereocenters. The van der Waals surface area contributed by atoms with Crippen LogP contribution in [0.2, 0.25) is 0 Å². The highest BCUT2D eigenvalue weighted by Gasteiger charge is 2.32. The second kappa shape index (κ2) is 12.6. The Morgan fingerprint density at radius 3 is 2.40 bits per heavy atom. The van der Waals surface area contributed by atoms with E-state index >= 15 is 0 Å². The number of H-pyrrole nitrogens is 1. The molecule has 0 aliphatic carbocycles. The third-order valence-electron chi connectivity index (χ3n) is 8.20. The molecule has 2 N–H and O–H groups in total. The Kier molecular flexibility index (Phi) is 8.05. The second-order valence-electron chi connectivity index (χ2n) is 11.1. The van der Waals surface area contributed by atoms with Gasteiger partial charge in [-0.1, -0.05) is 84.1 Å². The predicted molar refractivity (Wildman–Crippen MR) is 187 cm³/mol. The van der Waals surface area contributed by atoms with Crippen LogP contribution in [0.25, 0.3) is 28.2 Å². The minimum Gasteiger partial charge on any atom is -0.495 e. The maximum absolute atomic E-state index is 14.5. The number of hydrogen-bond acceptors (Lipinski definition) is 6. The van der Waals surface area contributed by atoms with E-state index in [9.17, 15) is 9.59 Å². The van der Waals surface area contributed by atoms with Crippen LogP contribution < -0.4 is 29.7 Å². The summed E-state index contributed by atoms with van der Waals surface area (Å²) in [6, 6.07) is 32.0. The van der Waals surface area contributed by atoms with E-state index in [0.29, 0.717) is 44.4 Å². The average molecular weight is 641 g/mol. The summed E-state index contributed by atoms with van der Waals surface area (Å²) in [7, 11) is 1.64. The van der Waals surface area contributed by atoms with Gasteiger partial charge in [0.15, 0.2) is 4.80 Å². The molecule has 234 valence electrons. The number of carbonyl (C=O) groups excluding carboxylic acids is 1. The number of anilines is 1. The van der Waals surface area contributed by atoms with Crippen molar-refractivity contribution in [2.75, 3.05) is 19.0 Å². The summed E-state index contributed by atoms with van der Waals surface area (Å²) in [6.07, 6.45) is 1.92. The number of carbonyl (C=O) groups is 1. The van der Waals surface area contributed by atoms with Crippen molar-refractivity contribution in [1.29, 1.82) is 0 Å². The van der Waals surface area contributed by atoms with Crippen LogP contribution in [0, 0.1) is 0 Å². The minimum atomic E-state index is -0.704. The van der Waals surface area contributed by atoms with E-state index in [-0.39, 0.29) is 11.5 Å². The molecule has 1 aliphatic heterocycles. The lowest BCUT2D eigenvalue weighted by molar-refractivity contribution is -0.113. The molecule has 9 heteroatoms. The maximum atomic E-state index is 14.5. The number of fused-ring (bicyclic) bond motifs is 2. The number of ether oxygens (including phenoxy) is 2. The Labute approximate surface area is 275 Å². The number of aromatic nitrogens is 2. The van der Waals surface area contributed by atoms with Crippen molar-refractivity contribution in [2.45, 2.75) is 19.9 Å². The van der Waals surface area contributed by atoms with E-state index < -0.39 is 6.04 Å². The number of hydrogen-bond donors (Lipinski definition) is 2. The molecule has 47 heavy (non-hydrogen) atoms. The van der Waals surface area contributed by atoms with Crippen LogP contribution in [0.5, 0.6) is 11.5 Å². The molecule has 7 rings (SSSR count). The monoisotopic (exact) mass is 640 g/mol. The summed E-state index contributed by atoms with van der Waals surface area (Å²) >= 11 is 1.31. The molecule has 1 amide bonds. The number of amides is 1. The fourth-order valence-electron chi connectivity index (χ4n) is 6.06. The molecule has 0 radical (unpaired) electrons. The molecule has 4 aromatic carbocycles. The van der Waals surface area contributed by atoms with Gasteiger partial charge in [-0.15, -0.1) is 0 Å². The van der Waals surface area contributed by atoms with Gasteiger partial charge in [0, 0.05) is 16.6 Å². The van der Waals surface area contributed by atoms with Gasteiger partial charge in [-0.05, 0) is 61.4 Å². The lowest BCUT2D eigenvalue weighted by Crippen LogP contribution is -2.40. The van der Waals surface area contributed by atoms with Crippen LogP contribution in [0.4, 0.5) is 5.69 Å². The fourth-order valence-corrected chi connectivity index (χ4v) is 7.08. The smallest absolute Gasteiger partial charge is 0.271 e. The quantitative estimate of drug-likeness (QED) is 0.200. The number of nitrogens with one attached hydrogen (secondary N) is 2. The molecule has 2 aromatic heterocycles. The van der Waals surface area contributed by atoms with Gasteiger partial charge in [-0.2, -0.15) is 0 Å². The molecule has 0 fully saturated rings. The van der Waals surface area contributed by atoms with Gasteiger partial charge >= 0.3 is 0 Å². The largest absolute Gasteiger partial charge is 0.495 e. The van der Waals surface area contributed by atoms with Crippen LogP contribution in [-0.4, -0.2) is 29.2 Å². The maximum Gasteiger partial charge on any atom is 0.271 e. The topological polar surface area (TPSA) is 97.7 Å². The lowest BCUT2D eigenvalue weighted by atomic mass is 9.95. The van der Waals surface area contributed by atoms with Crippen molar-refractivity contribution in [1.82, 2.24) is 9.55 Å². The van der Waals surface area contributed by atoms with E-state index in [1.807, 2.05) is 123 Å². The van der Waals surface area contributed by atoms with E-state index in [1.165, 1.54) is 11.3 Å². The zero-order chi connectivity index (χ0) is 32.5. The molecule has 0 unspecified atom stereocenters. The van der Waals surface area contributed by atoms with Crippen LogP contribution in [0.15, 0.2) is 124 Å². The van der Waals surface area contributed by atoms with Gasteiger partial charge in [0.25, 0.3) is 11.5 Å². The molecular weight excluding hydrogens is 609 g/mol. The Morgan fingerprint density at radius 2 is 1.70 bits per heavy atom. The number of nitrogens with zero attached hydrogens (tertiary/aromatic N) is 2. The third-order valence-corrected chi connectivity index (χ3v) is 9.18. The SMILES string of the molecule is CCOc1ccc([C@H]2C(C(=O)Nc3ccccc3)=C(C)N=c3s/c(=C\c4c(-c5ccccc5)[nH]c5c(OC)cccc45)c(=O)n32)cc1. The van der Waals surface area contributed by atoms with Crippen molar-refractivity contribution >= 4 is 39.9 Å². The van der Waals surface area contributed by atoms with Gasteiger partial charge < -0.3 is 19.8 Å². The normalized spacial score (nSPS) is 14.5. The standard InChI is InChI=1S/C38H32N4O4S/c1-4-46-27-20-18-25(19-21-27)35-32(36(43)40-26-14-9-6-10-15-26)23(2)39-38-42(35)37(44)31(47-38)22-29-28-16-11-17-30(45-3)34(28)41-33(29)24-12-7-5-8-13-24/h5-22,35,41H,4H2,1-3H3,(H,40,43)/b31-22-/t35-/m0/s1. The Balaban J connectivity index is 1.43. The van der Waals surface area contributed by atoms with E-state index in [0.717, 1.165) is 33.3 Å². The number of para-hydroxylation sites is 2. The summed E-state index contributed by atoms with van der Waals surface area (Å²) in [5.74, 6) is 1.10. The van der Waals surface area contributed by atoms with Gasteiger partial charge in [0.05, 0.1) is 46.8 Å². The molecular formula is C38H32N4O4S. The summed E-state index contributed by atoms with van der Waals surface area (Å²) in [6.45, 7) is 4.28. The molecule has 3 heterocycles. The minimum absolute atomic E-state index is 0.235. The summed E-state index contributed by atoms with van der Waals surface area (Å²) in [4.78, 5) is 37.3. The van der Waals surface area contributed by atoms with Crippen molar-refractivity contribution in [3.8, 4) is 22.8 Å². The summed E-state index contributed by atoms with van der Waals surface area (Å²) < 4.78 is 13.5. The first-order valence-electron chi connectivity index (χ1n) is 15.3. The van der Waals surface area contributed by atoms with Gasteiger partial charge in [-0.25, -0.2) is 4.99 Å². The Morgan fingerprint density at radius 1 is 0.979 bits per heavy atom. The van der Waals surface area contributed by atoms with Crippen LogP contribution in [0.3, 0.4) is 0 Å². The first-order valence-corrected chi connectivity index (χ1v) is 16.1. The predicted octanol–water partition coefficient (Wildman–Crippen LogP) is 6.43. The van der Waals surface area contributed by atoms with E-state index in [1.54, 1.807) is 11.7 Å². The third kappa shape index (κ3) is 5.55. The first kappa shape index (κ1) is 30.0. The zero-order valence-electron chi connectivity index (χ0n) is 26.1. The fraction of sp³-hybridized carbons (Fsp3) is 0.132. The summed E-state index contributed by atoms with van der Waals surface area (Å²) in [5, 5.41) is 3.93. The first-order chi connectivity index (χ1) is 23.0. The number of benzene rings is 4. The molecule has 6 aromatic rings. The molecule has 0 saturated carbocycles. The highest BCUT2D eigenvalue weighted by Crippen LogP contribution is 2.36. The van der Waals surface area contributed by atoms with Crippen molar-refractivity contribution in [2.24, 2.45) is 4.99 Å². The molecule has 8 nitrogen and oxygen atoms in total. The number of rotatable bonds is 8. The second-order valence-corrected chi connectivity index (χ2v) is 12.1. The number of thiazole rings is 1. The van der Waals surface area contributed by atoms with Gasteiger partial charge in [-0.3, -0.25) is 14.2 Å². The van der Waals surface area contributed by atoms with Crippen LogP contribution in [-0.2, 0) is 4.79 Å². The zero-order valence-corrected chi connectivity index (χ0v) is 26.9. The molecule has 0 saturated heterocycles. The van der Waals surface area contributed by atoms with Gasteiger partial charge in [0.1, 0.15) is 11.5 Å². The number of allylic oxidation sites excluding steroid dienone is 1. The van der Waals surface area contributed by atoms with Crippen LogP contribution >= 0.6 is 11.3 Å².